The third kappa shape index (κ3) is 6.23. The summed E-state index contributed by atoms with van der Waals surface area (Å²) in [4.78, 5) is 11.2. The molecular formula is C27H31NO10S3. The van der Waals surface area contributed by atoms with E-state index in [0.29, 0.717) is 32.1 Å². The van der Waals surface area contributed by atoms with Crippen LogP contribution in [0.5, 0.6) is 0 Å². The summed E-state index contributed by atoms with van der Waals surface area (Å²) >= 11 is -1.63. The molecule has 0 aliphatic carbocycles. The van der Waals surface area contributed by atoms with Crippen molar-refractivity contribution in [2.24, 2.45) is 0 Å². The van der Waals surface area contributed by atoms with E-state index < -0.39 is 54.9 Å². The number of carbonyl (C=O) groups is 1. The van der Waals surface area contributed by atoms with Crippen molar-refractivity contribution in [2.45, 2.75) is 33.9 Å². The molecule has 4 rings (SSSR count). The van der Waals surface area contributed by atoms with Crippen LogP contribution in [0.25, 0.3) is 32.3 Å². The van der Waals surface area contributed by atoms with Crippen LogP contribution in [0.15, 0.2) is 51.1 Å². The molecule has 0 spiro atoms. The monoisotopic (exact) mass is 625 g/mol. The number of benzene rings is 4. The SMILES string of the molecule is O=C(O)CNc1cc([S+]([O-])CCCO)c2ccc3c(S(=O)(=O)CCCO)cc(S(=O)(=O)CCCO)c4ccc1c2c43. The van der Waals surface area contributed by atoms with Crippen LogP contribution in [0, 0.1) is 0 Å². The van der Waals surface area contributed by atoms with Crippen molar-refractivity contribution in [2.75, 3.05) is 48.9 Å². The molecule has 1 atom stereocenters. The zero-order valence-corrected chi connectivity index (χ0v) is 24.4. The van der Waals surface area contributed by atoms with Crippen molar-refractivity contribution < 1.29 is 46.6 Å². The van der Waals surface area contributed by atoms with E-state index in [0.717, 1.165) is 6.07 Å². The van der Waals surface area contributed by atoms with Crippen LogP contribution in [0.2, 0.25) is 0 Å². The van der Waals surface area contributed by atoms with Gasteiger partial charge in [-0.3, -0.25) is 4.79 Å². The third-order valence-electron chi connectivity index (χ3n) is 6.76. The van der Waals surface area contributed by atoms with E-state index in [2.05, 4.69) is 5.32 Å². The van der Waals surface area contributed by atoms with E-state index in [9.17, 15) is 46.6 Å². The number of hydrogen-bond donors (Lipinski definition) is 5. The lowest BCUT2D eigenvalue weighted by Gasteiger charge is -2.21. The first-order valence-corrected chi connectivity index (χ1v) is 17.5. The van der Waals surface area contributed by atoms with Gasteiger partial charge in [0, 0.05) is 70.3 Å². The first kappa shape index (κ1) is 31.2. The molecule has 4 aromatic rings. The zero-order chi connectivity index (χ0) is 29.9. The summed E-state index contributed by atoms with van der Waals surface area (Å²) in [5, 5.41) is 42.1. The highest BCUT2D eigenvalue weighted by atomic mass is 32.2. The highest BCUT2D eigenvalue weighted by Gasteiger charge is 2.29. The number of aliphatic carboxylic acids is 1. The maximum absolute atomic E-state index is 13.5. The minimum Gasteiger partial charge on any atom is -0.611 e. The third-order valence-corrected chi connectivity index (χ3v) is 11.9. The smallest absolute Gasteiger partial charge is 0.322 e. The second kappa shape index (κ2) is 12.7. The Hall–Kier alpha value is -2.72. The van der Waals surface area contributed by atoms with E-state index in [1.807, 2.05) is 0 Å². The molecule has 0 saturated heterocycles. The molecule has 222 valence electrons. The lowest BCUT2D eigenvalue weighted by atomic mass is 9.93. The average Bonchev–Trinajstić information content (AvgIpc) is 2.94. The predicted octanol–water partition coefficient (Wildman–Crippen LogP) is 1.88. The van der Waals surface area contributed by atoms with Crippen molar-refractivity contribution in [3.63, 3.8) is 0 Å². The number of anilines is 1. The number of nitrogens with one attached hydrogen (secondary N) is 1. The second-order valence-electron chi connectivity index (χ2n) is 9.53. The first-order chi connectivity index (χ1) is 19.5. The van der Waals surface area contributed by atoms with Crippen LogP contribution in [-0.4, -0.2) is 91.4 Å². The van der Waals surface area contributed by atoms with E-state index in [4.69, 9.17) is 0 Å². The van der Waals surface area contributed by atoms with Crippen molar-refractivity contribution >= 4 is 74.8 Å². The number of carboxylic acids is 1. The van der Waals surface area contributed by atoms with Gasteiger partial charge in [0.25, 0.3) is 0 Å². The van der Waals surface area contributed by atoms with Crippen LogP contribution < -0.4 is 5.32 Å². The number of hydrogen-bond acceptors (Lipinski definition) is 10. The van der Waals surface area contributed by atoms with Gasteiger partial charge in [0.15, 0.2) is 24.6 Å². The predicted molar refractivity (Wildman–Crippen MR) is 157 cm³/mol. The van der Waals surface area contributed by atoms with Gasteiger partial charge in [-0.25, -0.2) is 16.8 Å². The number of aliphatic hydroxyl groups excluding tert-OH is 3. The Kier molecular flexibility index (Phi) is 9.63. The molecule has 14 heteroatoms. The Balaban J connectivity index is 2.18. The van der Waals surface area contributed by atoms with Gasteiger partial charge in [-0.15, -0.1) is 0 Å². The fraction of sp³-hybridized carbons (Fsp3) is 0.370. The minimum absolute atomic E-state index is 0.0614. The van der Waals surface area contributed by atoms with Crippen molar-refractivity contribution in [3.8, 4) is 0 Å². The van der Waals surface area contributed by atoms with Gasteiger partial charge in [-0.2, -0.15) is 0 Å². The van der Waals surface area contributed by atoms with Gasteiger partial charge in [-0.05, 0) is 36.2 Å². The van der Waals surface area contributed by atoms with Gasteiger partial charge < -0.3 is 30.3 Å². The molecule has 0 radical (unpaired) electrons. The highest BCUT2D eigenvalue weighted by Crippen LogP contribution is 2.45. The molecule has 41 heavy (non-hydrogen) atoms. The van der Waals surface area contributed by atoms with Crippen LogP contribution >= 0.6 is 0 Å². The summed E-state index contributed by atoms with van der Waals surface area (Å²) in [6.07, 6.45) is 0.120. The number of carboxylic acid groups (broad SMARTS) is 1. The quantitative estimate of drug-likeness (QED) is 0.0954. The number of aliphatic hydroxyl groups is 3. The molecule has 4 aromatic carbocycles. The molecule has 0 fully saturated rings. The molecule has 0 bridgehead atoms. The Bertz CT molecular complexity index is 1730. The van der Waals surface area contributed by atoms with Gasteiger partial charge >= 0.3 is 5.97 Å². The summed E-state index contributed by atoms with van der Waals surface area (Å²) in [5.41, 5.74) is 0.319. The Morgan fingerprint density at radius 1 is 0.756 bits per heavy atom. The Morgan fingerprint density at radius 3 is 1.76 bits per heavy atom. The summed E-state index contributed by atoms with van der Waals surface area (Å²) in [7, 11) is -8.15. The topological polar surface area (TPSA) is 201 Å². The number of rotatable bonds is 15. The van der Waals surface area contributed by atoms with Crippen molar-refractivity contribution in [1.29, 1.82) is 0 Å². The van der Waals surface area contributed by atoms with E-state index in [1.165, 1.54) is 12.1 Å². The van der Waals surface area contributed by atoms with Gasteiger partial charge in [0.1, 0.15) is 12.3 Å². The molecule has 0 aromatic heterocycles. The van der Waals surface area contributed by atoms with Gasteiger partial charge in [0.2, 0.25) is 0 Å². The second-order valence-corrected chi connectivity index (χ2v) is 15.2. The van der Waals surface area contributed by atoms with Crippen LogP contribution in [0.1, 0.15) is 19.3 Å². The van der Waals surface area contributed by atoms with E-state index >= 15 is 0 Å². The zero-order valence-electron chi connectivity index (χ0n) is 22.0. The molecule has 0 aliphatic rings. The summed E-state index contributed by atoms with van der Waals surface area (Å²) < 4.78 is 67.2. The summed E-state index contributed by atoms with van der Waals surface area (Å²) in [5.74, 6) is -1.88. The molecule has 5 N–H and O–H groups in total. The fourth-order valence-electron chi connectivity index (χ4n) is 4.95. The molecule has 0 saturated carbocycles. The first-order valence-electron chi connectivity index (χ1n) is 12.9. The van der Waals surface area contributed by atoms with Crippen LogP contribution in [-0.2, 0) is 35.6 Å². The van der Waals surface area contributed by atoms with Crippen molar-refractivity contribution in [3.05, 3.63) is 36.4 Å². The van der Waals surface area contributed by atoms with Crippen molar-refractivity contribution in [1.82, 2.24) is 0 Å². The highest BCUT2D eigenvalue weighted by molar-refractivity contribution is 7.92. The Morgan fingerprint density at radius 2 is 1.24 bits per heavy atom. The molecule has 11 nitrogen and oxygen atoms in total. The van der Waals surface area contributed by atoms with Crippen LogP contribution in [0.3, 0.4) is 0 Å². The van der Waals surface area contributed by atoms with Gasteiger partial charge in [0.05, 0.1) is 21.3 Å². The van der Waals surface area contributed by atoms with E-state index in [-0.39, 0.29) is 65.4 Å². The van der Waals surface area contributed by atoms with Gasteiger partial charge in [-0.1, -0.05) is 18.2 Å². The maximum Gasteiger partial charge on any atom is 0.322 e. The fourth-order valence-corrected chi connectivity index (χ4v) is 9.37. The normalized spacial score (nSPS) is 13.4. The molecule has 0 aliphatic heterocycles. The summed E-state index contributed by atoms with van der Waals surface area (Å²) in [6, 6.07) is 8.99. The average molecular weight is 626 g/mol. The molecule has 0 amide bonds. The molecular weight excluding hydrogens is 594 g/mol. The number of sulfone groups is 2. The molecule has 1 unspecified atom stereocenters. The maximum atomic E-state index is 13.5. The Labute approximate surface area is 240 Å². The minimum atomic E-state index is -4.08. The lowest BCUT2D eigenvalue weighted by Crippen LogP contribution is -2.15. The largest absolute Gasteiger partial charge is 0.611 e. The summed E-state index contributed by atoms with van der Waals surface area (Å²) in [6.45, 7) is -1.41. The molecule has 0 heterocycles. The van der Waals surface area contributed by atoms with Crippen LogP contribution in [0.4, 0.5) is 5.69 Å². The lowest BCUT2D eigenvalue weighted by molar-refractivity contribution is -0.134. The standard InChI is InChI=1S/C27H31NO10S3/c29-8-1-11-39(34)22-14-21(28-16-25(32)33)17-4-6-19-23(40(35,36)12-2-9-30)15-24(41(37,38)13-3-10-31)20-7-5-18(22)26(17)27(19)20/h4-7,14-15,28-31H,1-3,8-13,16H2,(H,32,33). The van der Waals surface area contributed by atoms with E-state index in [1.54, 1.807) is 18.2 Å².